The van der Waals surface area contributed by atoms with E-state index in [2.05, 4.69) is 31.2 Å². The number of methoxy groups -OCH3 is 1. The van der Waals surface area contributed by atoms with Crippen molar-refractivity contribution in [1.82, 2.24) is 0 Å². The van der Waals surface area contributed by atoms with Crippen LogP contribution in [0.15, 0.2) is 42.5 Å². The lowest BCUT2D eigenvalue weighted by atomic mass is 10.0. The Morgan fingerprint density at radius 2 is 1.88 bits per heavy atom. The number of Topliss-reactive ketones (excluding diaryl/α,β-unsaturated/α-hetero) is 1. The number of carbonyl (C=O) groups excluding carboxylic acids is 1. The molecule has 0 radical (unpaired) electrons. The number of ketones is 1. The van der Waals surface area contributed by atoms with Crippen molar-refractivity contribution in [2.45, 2.75) is 32.1 Å². The molecule has 130 valence electrons. The second-order valence-corrected chi connectivity index (χ2v) is 7.53. The average molecular weight is 338 g/mol. The largest absolute Gasteiger partial charge is 0.497 e. The maximum absolute atomic E-state index is 14.2. The van der Waals surface area contributed by atoms with E-state index in [0.717, 1.165) is 19.3 Å². The van der Waals surface area contributed by atoms with Gasteiger partial charge in [0.1, 0.15) is 17.3 Å². The molecule has 0 amide bonds. The van der Waals surface area contributed by atoms with Crippen LogP contribution in [0.3, 0.4) is 0 Å². The molecule has 0 spiro atoms. The zero-order valence-corrected chi connectivity index (χ0v) is 14.7. The Kier molecular flexibility index (Phi) is 4.10. The van der Waals surface area contributed by atoms with Crippen molar-refractivity contribution in [3.05, 3.63) is 65.0 Å². The van der Waals surface area contributed by atoms with Gasteiger partial charge >= 0.3 is 0 Å². The van der Waals surface area contributed by atoms with Crippen LogP contribution in [-0.2, 0) is 11.2 Å². The third-order valence-electron chi connectivity index (χ3n) is 5.67. The predicted octanol–water partition coefficient (Wildman–Crippen LogP) is 4.69. The molecule has 4 rings (SSSR count). The summed E-state index contributed by atoms with van der Waals surface area (Å²) in [7, 11) is 1.53. The molecule has 2 aromatic rings. The molecule has 0 aliphatic heterocycles. The lowest BCUT2D eigenvalue weighted by Crippen LogP contribution is -2.08. The molecular weight excluding hydrogens is 315 g/mol. The molecule has 2 nitrogen and oxygen atoms in total. The minimum Gasteiger partial charge on any atom is -0.497 e. The fourth-order valence-electron chi connectivity index (χ4n) is 3.91. The Labute approximate surface area is 148 Å². The van der Waals surface area contributed by atoms with Crippen LogP contribution in [0.4, 0.5) is 4.39 Å². The molecule has 2 saturated carbocycles. The monoisotopic (exact) mass is 338 g/mol. The minimum atomic E-state index is -0.258. The molecule has 0 aromatic heterocycles. The summed E-state index contributed by atoms with van der Waals surface area (Å²) in [5.41, 5.74) is 3.23. The summed E-state index contributed by atoms with van der Waals surface area (Å²) in [6.07, 6.45) is 2.75. The topological polar surface area (TPSA) is 26.3 Å². The lowest BCUT2D eigenvalue weighted by molar-refractivity contribution is -0.121. The van der Waals surface area contributed by atoms with E-state index < -0.39 is 0 Å². The summed E-state index contributed by atoms with van der Waals surface area (Å²) in [5, 5.41) is 0. The molecule has 0 N–H and O–H groups in total. The maximum Gasteiger partial charge on any atom is 0.139 e. The van der Waals surface area contributed by atoms with Gasteiger partial charge in [-0.2, -0.15) is 0 Å². The highest BCUT2D eigenvalue weighted by Crippen LogP contribution is 2.55. The van der Waals surface area contributed by atoms with Crippen molar-refractivity contribution < 1.29 is 13.9 Å². The molecule has 2 aromatic carbocycles. The molecule has 4 atom stereocenters. The van der Waals surface area contributed by atoms with Crippen LogP contribution >= 0.6 is 0 Å². The smallest absolute Gasteiger partial charge is 0.139 e. The third-order valence-corrected chi connectivity index (χ3v) is 5.67. The van der Waals surface area contributed by atoms with Crippen molar-refractivity contribution in [2.24, 2.45) is 17.8 Å². The molecule has 25 heavy (non-hydrogen) atoms. The van der Waals surface area contributed by atoms with Gasteiger partial charge in [0, 0.05) is 17.9 Å². The normalized spacial score (nSPS) is 27.0. The second-order valence-electron chi connectivity index (χ2n) is 7.53. The number of aryl methyl sites for hydroxylation is 1. The standard InChI is InChI=1S/C22H23FO2/c1-13-3-5-14(6-4-13)9-15-10-18(15)22(24)20-12-19(20)17-8-7-16(25-2)11-21(17)23/h3-8,11,15,18-20H,9-10,12H2,1-2H3/t15?,18-,19-,20+/m0/s1. The Morgan fingerprint density at radius 3 is 2.56 bits per heavy atom. The van der Waals surface area contributed by atoms with Crippen molar-refractivity contribution in [3.63, 3.8) is 0 Å². The number of carbonyl (C=O) groups is 1. The van der Waals surface area contributed by atoms with E-state index in [4.69, 9.17) is 4.74 Å². The first kappa shape index (κ1) is 16.3. The maximum atomic E-state index is 14.2. The van der Waals surface area contributed by atoms with Crippen LogP contribution in [0.25, 0.3) is 0 Å². The number of rotatable bonds is 6. The number of benzene rings is 2. The highest BCUT2D eigenvalue weighted by Gasteiger charge is 2.53. The molecule has 0 saturated heterocycles. The fraction of sp³-hybridized carbons (Fsp3) is 0.409. The van der Waals surface area contributed by atoms with Gasteiger partial charge in [-0.05, 0) is 55.2 Å². The summed E-state index contributed by atoms with van der Waals surface area (Å²) in [6, 6.07) is 13.5. The van der Waals surface area contributed by atoms with Crippen molar-refractivity contribution >= 4 is 5.78 Å². The summed E-state index contributed by atoms with van der Waals surface area (Å²) in [4.78, 5) is 12.7. The Morgan fingerprint density at radius 1 is 1.12 bits per heavy atom. The molecule has 3 heteroatoms. The van der Waals surface area contributed by atoms with Gasteiger partial charge in [0.2, 0.25) is 0 Å². The van der Waals surface area contributed by atoms with E-state index >= 15 is 0 Å². The molecule has 0 heterocycles. The quantitative estimate of drug-likeness (QED) is 0.763. The van der Waals surface area contributed by atoms with Crippen molar-refractivity contribution in [2.75, 3.05) is 7.11 Å². The molecule has 1 unspecified atom stereocenters. The van der Waals surface area contributed by atoms with Crippen LogP contribution in [0.5, 0.6) is 5.75 Å². The van der Waals surface area contributed by atoms with Crippen molar-refractivity contribution in [1.29, 1.82) is 0 Å². The van der Waals surface area contributed by atoms with E-state index in [1.165, 1.54) is 24.3 Å². The van der Waals surface area contributed by atoms with E-state index in [9.17, 15) is 9.18 Å². The highest BCUT2D eigenvalue weighted by atomic mass is 19.1. The first-order valence-electron chi connectivity index (χ1n) is 8.99. The van der Waals surface area contributed by atoms with Gasteiger partial charge in [-0.3, -0.25) is 4.79 Å². The zero-order valence-electron chi connectivity index (χ0n) is 14.7. The van der Waals surface area contributed by atoms with E-state index in [1.54, 1.807) is 12.1 Å². The van der Waals surface area contributed by atoms with Gasteiger partial charge in [0.15, 0.2) is 0 Å². The first-order valence-corrected chi connectivity index (χ1v) is 8.99. The summed E-state index contributed by atoms with van der Waals surface area (Å²) in [5.74, 6) is 1.32. The number of hydrogen-bond acceptors (Lipinski definition) is 2. The van der Waals surface area contributed by atoms with Gasteiger partial charge < -0.3 is 4.74 Å². The molecule has 0 bridgehead atoms. The van der Waals surface area contributed by atoms with Gasteiger partial charge in [-0.15, -0.1) is 0 Å². The Bertz CT molecular complexity index is 796. The molecule has 2 fully saturated rings. The number of halogens is 1. The number of ether oxygens (including phenoxy) is 1. The van der Waals surface area contributed by atoms with E-state index in [1.807, 2.05) is 0 Å². The van der Waals surface area contributed by atoms with Crippen LogP contribution in [0, 0.1) is 30.5 Å². The first-order chi connectivity index (χ1) is 12.1. The molecular formula is C22H23FO2. The third kappa shape index (κ3) is 3.33. The fourth-order valence-corrected chi connectivity index (χ4v) is 3.91. The van der Waals surface area contributed by atoms with Crippen molar-refractivity contribution in [3.8, 4) is 5.75 Å². The minimum absolute atomic E-state index is 0.0101. The summed E-state index contributed by atoms with van der Waals surface area (Å²) >= 11 is 0. The average Bonchev–Trinajstić information content (AvgIpc) is 3.51. The Balaban J connectivity index is 1.35. The highest BCUT2D eigenvalue weighted by molar-refractivity contribution is 5.89. The Hall–Kier alpha value is -2.16. The van der Waals surface area contributed by atoms with Gasteiger partial charge in [-0.1, -0.05) is 35.9 Å². The molecule has 2 aliphatic rings. The van der Waals surface area contributed by atoms with Crippen LogP contribution < -0.4 is 4.74 Å². The van der Waals surface area contributed by atoms with Crippen LogP contribution in [0.1, 0.15) is 35.4 Å². The van der Waals surface area contributed by atoms with Crippen LogP contribution in [0.2, 0.25) is 0 Å². The van der Waals surface area contributed by atoms with Gasteiger partial charge in [-0.25, -0.2) is 4.39 Å². The summed E-state index contributed by atoms with van der Waals surface area (Å²) in [6.45, 7) is 2.08. The lowest BCUT2D eigenvalue weighted by Gasteiger charge is -2.05. The molecule has 2 aliphatic carbocycles. The van der Waals surface area contributed by atoms with E-state index in [0.29, 0.717) is 23.0 Å². The second kappa shape index (κ2) is 6.29. The van der Waals surface area contributed by atoms with Crippen LogP contribution in [-0.4, -0.2) is 12.9 Å². The van der Waals surface area contributed by atoms with Gasteiger partial charge in [0.25, 0.3) is 0 Å². The zero-order chi connectivity index (χ0) is 17.6. The summed E-state index contributed by atoms with van der Waals surface area (Å²) < 4.78 is 19.2. The predicted molar refractivity (Wildman–Crippen MR) is 95.3 cm³/mol. The van der Waals surface area contributed by atoms with Gasteiger partial charge in [0.05, 0.1) is 7.11 Å². The SMILES string of the molecule is COc1ccc([C@@H]2C[C@H]2C(=O)[C@H]2CC2Cc2ccc(C)cc2)c(F)c1. The number of hydrogen-bond donors (Lipinski definition) is 0. The van der Waals surface area contributed by atoms with E-state index in [-0.39, 0.29) is 23.6 Å².